The predicted molar refractivity (Wildman–Crippen MR) is 95.3 cm³/mol. The van der Waals surface area contributed by atoms with E-state index in [9.17, 15) is 0 Å². The average molecular weight is 354 g/mol. The smallest absolute Gasteiger partial charge is 0.124 e. The van der Waals surface area contributed by atoms with E-state index >= 15 is 0 Å². The standard InChI is InChI=1S/C18H21Cl2NO2/c19-16-8-7-14(11-17(16)20)13-23-18-6-2-1-5-15(18)12-21-9-3-4-10-22/h1-2,5-8,11,21-22H,3-4,9-10,12-13H2. The van der Waals surface area contributed by atoms with E-state index < -0.39 is 0 Å². The highest BCUT2D eigenvalue weighted by molar-refractivity contribution is 6.42. The van der Waals surface area contributed by atoms with Gasteiger partial charge in [-0.1, -0.05) is 47.5 Å². The summed E-state index contributed by atoms with van der Waals surface area (Å²) in [6.45, 7) is 2.30. The number of hydrogen-bond acceptors (Lipinski definition) is 3. The molecule has 3 nitrogen and oxygen atoms in total. The minimum absolute atomic E-state index is 0.241. The second-order valence-electron chi connectivity index (χ2n) is 5.25. The molecule has 0 spiro atoms. The van der Waals surface area contributed by atoms with Gasteiger partial charge in [0.1, 0.15) is 12.4 Å². The molecule has 2 N–H and O–H groups in total. The van der Waals surface area contributed by atoms with Crippen molar-refractivity contribution in [2.45, 2.75) is 26.0 Å². The van der Waals surface area contributed by atoms with Crippen molar-refractivity contribution >= 4 is 23.2 Å². The highest BCUT2D eigenvalue weighted by Gasteiger charge is 2.05. The molecule has 0 unspecified atom stereocenters. The van der Waals surface area contributed by atoms with Crippen LogP contribution in [0.25, 0.3) is 0 Å². The van der Waals surface area contributed by atoms with Crippen LogP contribution in [0.1, 0.15) is 24.0 Å². The number of halogens is 2. The first kappa shape index (κ1) is 18.1. The van der Waals surface area contributed by atoms with Crippen LogP contribution in [0.15, 0.2) is 42.5 Å². The van der Waals surface area contributed by atoms with Crippen molar-refractivity contribution in [3.8, 4) is 5.75 Å². The van der Waals surface area contributed by atoms with Gasteiger partial charge in [-0.05, 0) is 43.1 Å². The maximum absolute atomic E-state index is 8.78. The lowest BCUT2D eigenvalue weighted by atomic mass is 10.2. The van der Waals surface area contributed by atoms with Crippen LogP contribution in [0.4, 0.5) is 0 Å². The summed E-state index contributed by atoms with van der Waals surface area (Å²) in [6.07, 6.45) is 1.78. The van der Waals surface area contributed by atoms with E-state index in [4.69, 9.17) is 33.0 Å². The Bertz CT molecular complexity index is 620. The maximum atomic E-state index is 8.78. The molecule has 0 aliphatic heterocycles. The third-order valence-corrected chi connectivity index (χ3v) is 4.17. The van der Waals surface area contributed by atoms with Crippen LogP contribution in [0, 0.1) is 0 Å². The number of ether oxygens (including phenoxy) is 1. The van der Waals surface area contributed by atoms with Gasteiger partial charge in [0, 0.05) is 18.7 Å². The lowest BCUT2D eigenvalue weighted by Gasteiger charge is -2.12. The van der Waals surface area contributed by atoms with Gasteiger partial charge < -0.3 is 15.2 Å². The van der Waals surface area contributed by atoms with Crippen molar-refractivity contribution in [2.24, 2.45) is 0 Å². The van der Waals surface area contributed by atoms with E-state index in [2.05, 4.69) is 5.32 Å². The molecule has 0 saturated heterocycles. The van der Waals surface area contributed by atoms with Crippen molar-refractivity contribution in [2.75, 3.05) is 13.2 Å². The molecule has 0 saturated carbocycles. The molecule has 0 radical (unpaired) electrons. The molecule has 0 heterocycles. The van der Waals surface area contributed by atoms with Crippen LogP contribution >= 0.6 is 23.2 Å². The fraction of sp³-hybridized carbons (Fsp3) is 0.333. The van der Waals surface area contributed by atoms with Crippen molar-refractivity contribution in [1.82, 2.24) is 5.32 Å². The lowest BCUT2D eigenvalue weighted by molar-refractivity contribution is 0.283. The summed E-state index contributed by atoms with van der Waals surface area (Å²) in [5, 5.41) is 13.2. The fourth-order valence-corrected chi connectivity index (χ4v) is 2.49. The Balaban J connectivity index is 1.90. The van der Waals surface area contributed by atoms with Crippen molar-refractivity contribution < 1.29 is 9.84 Å². The Hall–Kier alpha value is -1.26. The largest absolute Gasteiger partial charge is 0.489 e. The lowest BCUT2D eigenvalue weighted by Crippen LogP contribution is -2.15. The first-order valence-electron chi connectivity index (χ1n) is 7.67. The van der Waals surface area contributed by atoms with Crippen molar-refractivity contribution in [3.05, 3.63) is 63.6 Å². The molecular formula is C18H21Cl2NO2. The van der Waals surface area contributed by atoms with E-state index in [0.29, 0.717) is 16.7 Å². The van der Waals surface area contributed by atoms with Crippen molar-refractivity contribution in [3.63, 3.8) is 0 Å². The fourth-order valence-electron chi connectivity index (χ4n) is 2.17. The SMILES string of the molecule is OCCCCNCc1ccccc1OCc1ccc(Cl)c(Cl)c1. The molecule has 23 heavy (non-hydrogen) atoms. The molecule has 0 aromatic heterocycles. The molecule has 5 heteroatoms. The third kappa shape index (κ3) is 6.04. The molecule has 0 aliphatic rings. The number of aliphatic hydroxyl groups excluding tert-OH is 1. The molecule has 0 aliphatic carbocycles. The van der Waals surface area contributed by atoms with E-state index in [0.717, 1.165) is 42.8 Å². The number of hydrogen-bond donors (Lipinski definition) is 2. The Morgan fingerprint density at radius 3 is 2.61 bits per heavy atom. The van der Waals surface area contributed by atoms with Gasteiger partial charge in [0.05, 0.1) is 10.0 Å². The molecular weight excluding hydrogens is 333 g/mol. The molecule has 2 aromatic carbocycles. The Kier molecular flexibility index (Phi) is 7.69. The summed E-state index contributed by atoms with van der Waals surface area (Å²) in [5.41, 5.74) is 2.08. The molecule has 124 valence electrons. The van der Waals surface area contributed by atoms with E-state index in [1.165, 1.54) is 0 Å². The topological polar surface area (TPSA) is 41.5 Å². The number of unbranched alkanes of at least 4 members (excludes halogenated alkanes) is 1. The summed E-state index contributed by atoms with van der Waals surface area (Å²) in [4.78, 5) is 0. The summed E-state index contributed by atoms with van der Waals surface area (Å²) in [5.74, 6) is 0.855. The molecule has 0 atom stereocenters. The highest BCUT2D eigenvalue weighted by Crippen LogP contribution is 2.24. The molecule has 0 bridgehead atoms. The van der Waals surface area contributed by atoms with Gasteiger partial charge in [0.15, 0.2) is 0 Å². The van der Waals surface area contributed by atoms with Gasteiger partial charge in [-0.3, -0.25) is 0 Å². The Morgan fingerprint density at radius 1 is 1.00 bits per heavy atom. The van der Waals surface area contributed by atoms with Crippen LogP contribution in [-0.2, 0) is 13.2 Å². The zero-order valence-electron chi connectivity index (χ0n) is 12.9. The van der Waals surface area contributed by atoms with Crippen LogP contribution in [0.2, 0.25) is 10.0 Å². The summed E-state index contributed by atoms with van der Waals surface area (Å²) in [7, 11) is 0. The normalized spacial score (nSPS) is 10.7. The summed E-state index contributed by atoms with van der Waals surface area (Å²) < 4.78 is 5.91. The van der Waals surface area contributed by atoms with E-state index in [1.807, 2.05) is 36.4 Å². The number of aliphatic hydroxyl groups is 1. The second-order valence-corrected chi connectivity index (χ2v) is 6.07. The van der Waals surface area contributed by atoms with Gasteiger partial charge in [-0.15, -0.1) is 0 Å². The zero-order valence-corrected chi connectivity index (χ0v) is 14.4. The van der Waals surface area contributed by atoms with Crippen molar-refractivity contribution in [1.29, 1.82) is 0 Å². The quantitative estimate of drug-likeness (QED) is 0.655. The van der Waals surface area contributed by atoms with Gasteiger partial charge in [0.25, 0.3) is 0 Å². The van der Waals surface area contributed by atoms with Crippen LogP contribution < -0.4 is 10.1 Å². The highest BCUT2D eigenvalue weighted by atomic mass is 35.5. The van der Waals surface area contributed by atoms with Crippen LogP contribution in [0.5, 0.6) is 5.75 Å². The van der Waals surface area contributed by atoms with E-state index in [1.54, 1.807) is 6.07 Å². The number of nitrogens with one attached hydrogen (secondary N) is 1. The predicted octanol–water partition coefficient (Wildman–Crippen LogP) is 4.43. The third-order valence-electron chi connectivity index (χ3n) is 3.43. The minimum atomic E-state index is 0.241. The number of benzene rings is 2. The van der Waals surface area contributed by atoms with Gasteiger partial charge in [0.2, 0.25) is 0 Å². The van der Waals surface area contributed by atoms with Gasteiger partial charge in [-0.2, -0.15) is 0 Å². The average Bonchev–Trinajstić information content (AvgIpc) is 2.57. The molecule has 2 aromatic rings. The molecule has 0 amide bonds. The summed E-state index contributed by atoms with van der Waals surface area (Å²) >= 11 is 11.9. The summed E-state index contributed by atoms with van der Waals surface area (Å²) in [6, 6.07) is 13.5. The van der Waals surface area contributed by atoms with Crippen LogP contribution in [-0.4, -0.2) is 18.3 Å². The van der Waals surface area contributed by atoms with Gasteiger partial charge >= 0.3 is 0 Å². The van der Waals surface area contributed by atoms with Gasteiger partial charge in [-0.25, -0.2) is 0 Å². The Morgan fingerprint density at radius 2 is 1.83 bits per heavy atom. The first-order chi connectivity index (χ1) is 11.2. The number of para-hydroxylation sites is 1. The minimum Gasteiger partial charge on any atom is -0.489 e. The molecule has 2 rings (SSSR count). The molecule has 0 fully saturated rings. The van der Waals surface area contributed by atoms with Crippen LogP contribution in [0.3, 0.4) is 0 Å². The second kappa shape index (κ2) is 9.78. The first-order valence-corrected chi connectivity index (χ1v) is 8.42. The zero-order chi connectivity index (χ0) is 16.5. The maximum Gasteiger partial charge on any atom is 0.124 e. The monoisotopic (exact) mass is 353 g/mol. The Labute approximate surface area is 147 Å². The number of rotatable bonds is 9. The van der Waals surface area contributed by atoms with E-state index in [-0.39, 0.29) is 6.61 Å².